The molecule has 1 aromatic carbocycles. The van der Waals surface area contributed by atoms with Gasteiger partial charge < -0.3 is 29.7 Å². The molecule has 6 rings (SSSR count). The summed E-state index contributed by atoms with van der Waals surface area (Å²) in [7, 11) is 0. The lowest BCUT2D eigenvalue weighted by Crippen LogP contribution is -2.42. The Hall–Kier alpha value is -3.92. The minimum atomic E-state index is -0.0974. The summed E-state index contributed by atoms with van der Waals surface area (Å²) in [6.45, 7) is 9.42. The van der Waals surface area contributed by atoms with Crippen molar-refractivity contribution >= 4 is 34.5 Å². The molecular weight excluding hydrogens is 470 g/mol. The van der Waals surface area contributed by atoms with Gasteiger partial charge in [0, 0.05) is 50.6 Å². The van der Waals surface area contributed by atoms with Crippen molar-refractivity contribution in [1.29, 1.82) is 0 Å². The topological polar surface area (TPSA) is 107 Å². The van der Waals surface area contributed by atoms with E-state index in [0.29, 0.717) is 38.1 Å². The summed E-state index contributed by atoms with van der Waals surface area (Å²) in [5.74, 6) is 1.65. The first-order chi connectivity index (χ1) is 18.1. The fraction of sp³-hybridized carbons (Fsp3) is 0.407. The fourth-order valence-corrected chi connectivity index (χ4v) is 5.71. The van der Waals surface area contributed by atoms with Crippen LogP contribution in [0.1, 0.15) is 6.42 Å². The van der Waals surface area contributed by atoms with E-state index >= 15 is 0 Å². The van der Waals surface area contributed by atoms with Crippen LogP contribution in [0.4, 0.5) is 16.3 Å². The largest absolute Gasteiger partial charge is 0.378 e. The van der Waals surface area contributed by atoms with Gasteiger partial charge in [0.15, 0.2) is 0 Å². The number of nitrogens with zero attached hydrogens (tertiary/aromatic N) is 5. The van der Waals surface area contributed by atoms with E-state index in [1.54, 1.807) is 6.33 Å². The van der Waals surface area contributed by atoms with Crippen LogP contribution in [-0.2, 0) is 9.53 Å². The number of aromatic amines is 1. The van der Waals surface area contributed by atoms with Crippen molar-refractivity contribution in [1.82, 2.24) is 24.8 Å². The molecule has 2 atom stereocenters. The maximum absolute atomic E-state index is 13.0. The Kier molecular flexibility index (Phi) is 6.25. The summed E-state index contributed by atoms with van der Waals surface area (Å²) in [6.07, 6.45) is 3.88. The number of anilines is 2. The Bertz CT molecular complexity index is 1320. The van der Waals surface area contributed by atoms with Crippen LogP contribution in [0.25, 0.3) is 22.3 Å². The van der Waals surface area contributed by atoms with Gasteiger partial charge in [0.1, 0.15) is 17.8 Å². The number of carbonyl (C=O) groups excluding carboxylic acids is 2. The number of ether oxygens (including phenoxy) is 1. The molecule has 10 nitrogen and oxygen atoms in total. The normalized spacial score (nSPS) is 21.7. The number of rotatable bonds is 4. The van der Waals surface area contributed by atoms with Crippen molar-refractivity contribution in [2.24, 2.45) is 11.8 Å². The smallest absolute Gasteiger partial charge is 0.321 e. The molecule has 2 N–H and O–H groups in total. The predicted octanol–water partition coefficient (Wildman–Crippen LogP) is 2.96. The highest BCUT2D eigenvalue weighted by molar-refractivity contribution is 5.93. The van der Waals surface area contributed by atoms with Crippen molar-refractivity contribution in [3.05, 3.63) is 49.3 Å². The van der Waals surface area contributed by atoms with Crippen molar-refractivity contribution in [2.45, 2.75) is 6.42 Å². The van der Waals surface area contributed by atoms with Crippen LogP contribution < -0.4 is 10.2 Å². The van der Waals surface area contributed by atoms with E-state index in [1.807, 2.05) is 34.1 Å². The average Bonchev–Trinajstić information content (AvgIpc) is 3.57. The van der Waals surface area contributed by atoms with Gasteiger partial charge in [-0.2, -0.15) is 0 Å². The van der Waals surface area contributed by atoms with Gasteiger partial charge in [-0.1, -0.05) is 18.7 Å². The van der Waals surface area contributed by atoms with E-state index in [-0.39, 0.29) is 11.9 Å². The second-order valence-corrected chi connectivity index (χ2v) is 9.95. The highest BCUT2D eigenvalue weighted by Crippen LogP contribution is 2.32. The standard InChI is InChI=1S/C27H31N7O3/c1-2-24(35)33-8-7-19-14-34(16-20(19)15-33)27(36)30-21-5-3-18(4-6-21)23-13-22-25(31-23)28-17-29-26(22)32-9-11-37-12-10-32/h2-6,13,17,19-20H,1,7-12,14-16H2,(H,30,36)(H,28,29,31). The Morgan fingerprint density at radius 3 is 2.57 bits per heavy atom. The molecule has 0 bridgehead atoms. The van der Waals surface area contributed by atoms with Gasteiger partial charge in [-0.25, -0.2) is 14.8 Å². The number of amides is 3. The number of H-pyrrole nitrogens is 1. The summed E-state index contributed by atoms with van der Waals surface area (Å²) in [6, 6.07) is 9.80. The summed E-state index contributed by atoms with van der Waals surface area (Å²) < 4.78 is 5.48. The van der Waals surface area contributed by atoms with Crippen LogP contribution in [0.3, 0.4) is 0 Å². The van der Waals surface area contributed by atoms with Crippen LogP contribution in [0.2, 0.25) is 0 Å². The van der Waals surface area contributed by atoms with Gasteiger partial charge in [-0.05, 0) is 48.1 Å². The molecule has 3 amide bonds. The van der Waals surface area contributed by atoms with Gasteiger partial charge in [-0.15, -0.1) is 0 Å². The molecule has 0 radical (unpaired) electrons. The molecule has 2 unspecified atom stereocenters. The number of piperidine rings is 1. The third kappa shape index (κ3) is 4.64. The van der Waals surface area contributed by atoms with E-state index in [9.17, 15) is 9.59 Å². The maximum atomic E-state index is 13.0. The first-order valence-electron chi connectivity index (χ1n) is 12.8. The highest BCUT2D eigenvalue weighted by Gasteiger charge is 2.39. The van der Waals surface area contributed by atoms with Gasteiger partial charge in [0.2, 0.25) is 5.91 Å². The number of nitrogens with one attached hydrogen (secondary N) is 2. The zero-order chi connectivity index (χ0) is 25.4. The predicted molar refractivity (Wildman–Crippen MR) is 141 cm³/mol. The first kappa shape index (κ1) is 23.5. The molecule has 10 heteroatoms. The molecule has 3 saturated heterocycles. The molecule has 37 heavy (non-hydrogen) atoms. The molecule has 0 spiro atoms. The van der Waals surface area contributed by atoms with Crippen LogP contribution >= 0.6 is 0 Å². The van der Waals surface area contributed by atoms with Crippen LogP contribution in [-0.4, -0.2) is 89.2 Å². The molecule has 0 aliphatic carbocycles. The monoisotopic (exact) mass is 501 g/mol. The zero-order valence-corrected chi connectivity index (χ0v) is 20.7. The quantitative estimate of drug-likeness (QED) is 0.533. The molecule has 3 aliphatic rings. The number of fused-ring (bicyclic) bond motifs is 2. The van der Waals surface area contributed by atoms with Gasteiger partial charge >= 0.3 is 6.03 Å². The third-order valence-electron chi connectivity index (χ3n) is 7.74. The zero-order valence-electron chi connectivity index (χ0n) is 20.7. The van der Waals surface area contributed by atoms with Crippen LogP contribution in [0.15, 0.2) is 49.3 Å². The Morgan fingerprint density at radius 1 is 1.03 bits per heavy atom. The van der Waals surface area contributed by atoms with Crippen LogP contribution in [0, 0.1) is 11.8 Å². The Balaban J connectivity index is 1.11. The van der Waals surface area contributed by atoms with Crippen LogP contribution in [0.5, 0.6) is 0 Å². The molecular formula is C27H31N7O3. The maximum Gasteiger partial charge on any atom is 0.321 e. The fourth-order valence-electron chi connectivity index (χ4n) is 5.71. The molecule has 192 valence electrons. The third-order valence-corrected chi connectivity index (χ3v) is 7.74. The minimum absolute atomic E-state index is 0.0271. The van der Waals surface area contributed by atoms with E-state index in [4.69, 9.17) is 4.74 Å². The van der Waals surface area contributed by atoms with Crippen molar-refractivity contribution in [3.63, 3.8) is 0 Å². The number of carbonyl (C=O) groups is 2. The molecule has 5 heterocycles. The van der Waals surface area contributed by atoms with E-state index in [2.05, 4.69) is 37.8 Å². The van der Waals surface area contributed by atoms with Gasteiger partial charge in [0.25, 0.3) is 0 Å². The van der Waals surface area contributed by atoms with E-state index in [0.717, 1.165) is 66.4 Å². The summed E-state index contributed by atoms with van der Waals surface area (Å²) in [5, 5.41) is 4.02. The summed E-state index contributed by atoms with van der Waals surface area (Å²) >= 11 is 0. The van der Waals surface area contributed by atoms with Crippen molar-refractivity contribution in [3.8, 4) is 11.3 Å². The minimum Gasteiger partial charge on any atom is -0.378 e. The lowest BCUT2D eigenvalue weighted by atomic mass is 9.89. The number of aromatic nitrogens is 3. The number of hydrogen-bond acceptors (Lipinski definition) is 6. The second-order valence-electron chi connectivity index (χ2n) is 9.95. The molecule has 0 saturated carbocycles. The molecule has 3 aliphatic heterocycles. The lowest BCUT2D eigenvalue weighted by molar-refractivity contribution is -0.128. The molecule has 3 fully saturated rings. The number of morpholine rings is 1. The lowest BCUT2D eigenvalue weighted by Gasteiger charge is -2.33. The Morgan fingerprint density at radius 2 is 1.78 bits per heavy atom. The summed E-state index contributed by atoms with van der Waals surface area (Å²) in [4.78, 5) is 43.2. The second kappa shape index (κ2) is 9.85. The average molecular weight is 502 g/mol. The van der Waals surface area contributed by atoms with Gasteiger partial charge in [0.05, 0.1) is 18.6 Å². The SMILES string of the molecule is C=CC(=O)N1CCC2CN(C(=O)Nc3ccc(-c4cc5c(N6CCOCC6)ncnc5[nH]4)cc3)CC2C1. The molecule has 2 aromatic heterocycles. The Labute approximate surface area is 215 Å². The number of benzene rings is 1. The molecule has 3 aromatic rings. The number of hydrogen-bond donors (Lipinski definition) is 2. The summed E-state index contributed by atoms with van der Waals surface area (Å²) in [5.41, 5.74) is 3.50. The number of likely N-dealkylation sites (tertiary alicyclic amines) is 2. The number of urea groups is 1. The van der Waals surface area contributed by atoms with Crippen molar-refractivity contribution in [2.75, 3.05) is 62.7 Å². The van der Waals surface area contributed by atoms with E-state index in [1.165, 1.54) is 6.08 Å². The highest BCUT2D eigenvalue weighted by atomic mass is 16.5. The first-order valence-corrected chi connectivity index (χ1v) is 12.8. The van der Waals surface area contributed by atoms with E-state index < -0.39 is 0 Å². The van der Waals surface area contributed by atoms with Gasteiger partial charge in [-0.3, -0.25) is 4.79 Å². The van der Waals surface area contributed by atoms with Crippen molar-refractivity contribution < 1.29 is 14.3 Å².